The van der Waals surface area contributed by atoms with E-state index in [0.717, 1.165) is 23.3 Å². The first-order valence-corrected chi connectivity index (χ1v) is 7.03. The molecule has 3 rings (SSSR count). The largest absolute Gasteiger partial charge is 0.262 e. The van der Waals surface area contributed by atoms with Crippen LogP contribution in [0.1, 0.15) is 17.5 Å². The fraction of sp³-hybridized carbons (Fsp3) is 0.158. The van der Waals surface area contributed by atoms with E-state index in [0.29, 0.717) is 0 Å². The van der Waals surface area contributed by atoms with Crippen LogP contribution in [0.25, 0.3) is 0 Å². The lowest BCUT2D eigenvalue weighted by Gasteiger charge is -2.10. The van der Waals surface area contributed by atoms with Crippen LogP contribution in [-0.2, 0) is 0 Å². The Balaban J connectivity index is 2.11. The maximum absolute atomic E-state index is 9.50. The lowest BCUT2D eigenvalue weighted by molar-refractivity contribution is 0.818. The minimum atomic E-state index is -0.636. The first-order valence-electron chi connectivity index (χ1n) is 7.03. The Morgan fingerprint density at radius 1 is 1.10 bits per heavy atom. The van der Waals surface area contributed by atoms with Gasteiger partial charge < -0.3 is 0 Å². The molecular weight excluding hydrogens is 256 g/mol. The van der Waals surface area contributed by atoms with Crippen LogP contribution in [0.3, 0.4) is 0 Å². The lowest BCUT2D eigenvalue weighted by atomic mass is 10.0. The van der Waals surface area contributed by atoms with E-state index in [9.17, 15) is 5.26 Å². The van der Waals surface area contributed by atoms with E-state index >= 15 is 0 Å². The van der Waals surface area contributed by atoms with Crippen LogP contribution in [0, 0.1) is 17.2 Å². The maximum Gasteiger partial charge on any atom is 0.154 e. The number of hydrogen-bond acceptors (Lipinski definition) is 2. The van der Waals surface area contributed by atoms with E-state index in [1.54, 1.807) is 0 Å². The van der Waals surface area contributed by atoms with Gasteiger partial charge in [0, 0.05) is 17.0 Å². The van der Waals surface area contributed by atoms with Gasteiger partial charge in [0.2, 0.25) is 0 Å². The molecule has 0 radical (unpaired) electrons. The van der Waals surface area contributed by atoms with E-state index in [4.69, 9.17) is 4.99 Å². The van der Waals surface area contributed by atoms with Gasteiger partial charge in [0.25, 0.3) is 0 Å². The van der Waals surface area contributed by atoms with Gasteiger partial charge in [-0.25, -0.2) is 0 Å². The van der Waals surface area contributed by atoms with E-state index in [-0.39, 0.29) is 5.92 Å². The number of rotatable bonds is 4. The molecule has 1 saturated carbocycles. The zero-order valence-corrected chi connectivity index (χ0v) is 11.7. The van der Waals surface area contributed by atoms with Gasteiger partial charge in [-0.1, -0.05) is 66.7 Å². The second-order valence-corrected chi connectivity index (χ2v) is 5.27. The Labute approximate surface area is 125 Å². The van der Waals surface area contributed by atoms with Crippen LogP contribution in [-0.4, -0.2) is 11.3 Å². The summed E-state index contributed by atoms with van der Waals surface area (Å²) in [5.74, 6) is 0.157. The van der Waals surface area contributed by atoms with Crippen molar-refractivity contribution in [1.82, 2.24) is 0 Å². The molecule has 2 heteroatoms. The summed E-state index contributed by atoms with van der Waals surface area (Å²) in [4.78, 5) is 4.82. The topological polar surface area (TPSA) is 36.1 Å². The first-order chi connectivity index (χ1) is 10.3. The first kappa shape index (κ1) is 13.3. The van der Waals surface area contributed by atoms with Crippen molar-refractivity contribution < 1.29 is 0 Å². The van der Waals surface area contributed by atoms with Gasteiger partial charge in [0.15, 0.2) is 5.54 Å². The fourth-order valence-electron chi connectivity index (χ4n) is 2.52. The van der Waals surface area contributed by atoms with E-state index in [1.807, 2.05) is 66.7 Å². The molecule has 2 nitrogen and oxygen atoms in total. The molecule has 0 aromatic heterocycles. The molecule has 0 heterocycles. The summed E-state index contributed by atoms with van der Waals surface area (Å²) in [5, 5.41) is 9.50. The van der Waals surface area contributed by atoms with Crippen molar-refractivity contribution in [1.29, 1.82) is 5.26 Å². The van der Waals surface area contributed by atoms with Gasteiger partial charge in [-0.3, -0.25) is 4.99 Å². The third-order valence-electron chi connectivity index (χ3n) is 3.87. The molecule has 0 N–H and O–H groups in total. The van der Waals surface area contributed by atoms with Crippen LogP contribution in [0.15, 0.2) is 78.3 Å². The Kier molecular flexibility index (Phi) is 3.41. The number of hydrogen-bond donors (Lipinski definition) is 0. The predicted octanol–water partition coefficient (Wildman–Crippen LogP) is 3.99. The molecule has 1 aliphatic carbocycles. The molecule has 0 saturated heterocycles. The van der Waals surface area contributed by atoms with E-state index < -0.39 is 5.54 Å². The van der Waals surface area contributed by atoms with Gasteiger partial charge in [-0.2, -0.15) is 5.26 Å². The minimum Gasteiger partial charge on any atom is -0.262 e. The van der Waals surface area contributed by atoms with Crippen molar-refractivity contribution in [2.24, 2.45) is 10.9 Å². The summed E-state index contributed by atoms with van der Waals surface area (Å²) >= 11 is 0. The number of nitriles is 1. The van der Waals surface area contributed by atoms with Crippen LogP contribution < -0.4 is 0 Å². The van der Waals surface area contributed by atoms with Crippen molar-refractivity contribution >= 4 is 5.71 Å². The molecule has 0 spiro atoms. The second-order valence-electron chi connectivity index (χ2n) is 5.27. The molecule has 102 valence electrons. The zero-order valence-electron chi connectivity index (χ0n) is 11.7. The van der Waals surface area contributed by atoms with Crippen LogP contribution in [0.5, 0.6) is 0 Å². The highest BCUT2D eigenvalue weighted by molar-refractivity contribution is 6.13. The van der Waals surface area contributed by atoms with Gasteiger partial charge in [0.1, 0.15) is 0 Å². The summed E-state index contributed by atoms with van der Waals surface area (Å²) in [6.45, 7) is 3.80. The highest BCUT2D eigenvalue weighted by Crippen LogP contribution is 2.48. The minimum absolute atomic E-state index is 0.157. The van der Waals surface area contributed by atoms with E-state index in [2.05, 4.69) is 12.6 Å². The molecule has 0 amide bonds. The smallest absolute Gasteiger partial charge is 0.154 e. The molecule has 2 aromatic carbocycles. The summed E-state index contributed by atoms with van der Waals surface area (Å²) in [5.41, 5.74) is 2.31. The second kappa shape index (κ2) is 5.38. The zero-order chi connectivity index (χ0) is 14.7. The third-order valence-corrected chi connectivity index (χ3v) is 3.87. The average Bonchev–Trinajstić information content (AvgIpc) is 3.28. The molecule has 0 aliphatic heterocycles. The molecule has 0 bridgehead atoms. The molecule has 2 atom stereocenters. The number of aliphatic imine (C=N–C) groups is 1. The highest BCUT2D eigenvalue weighted by Gasteiger charge is 2.53. The van der Waals surface area contributed by atoms with Crippen molar-refractivity contribution in [2.75, 3.05) is 0 Å². The maximum atomic E-state index is 9.50. The average molecular weight is 272 g/mol. The van der Waals surface area contributed by atoms with E-state index in [1.165, 1.54) is 0 Å². The Bertz CT molecular complexity index is 669. The monoisotopic (exact) mass is 272 g/mol. The number of benzene rings is 2. The van der Waals surface area contributed by atoms with Crippen molar-refractivity contribution in [3.8, 4) is 6.07 Å². The molecule has 2 unspecified atom stereocenters. The SMILES string of the molecule is C=CC1CC1(C#N)N=C(c1ccccc1)c1ccccc1. The van der Waals surface area contributed by atoms with Crippen molar-refractivity contribution in [3.05, 3.63) is 84.4 Å². The van der Waals surface area contributed by atoms with Gasteiger partial charge in [0.05, 0.1) is 11.8 Å². The third kappa shape index (κ3) is 2.51. The Hall–Kier alpha value is -2.66. The summed E-state index contributed by atoms with van der Waals surface area (Å²) < 4.78 is 0. The summed E-state index contributed by atoms with van der Waals surface area (Å²) in [6, 6.07) is 22.4. The summed E-state index contributed by atoms with van der Waals surface area (Å²) in [7, 11) is 0. The van der Waals surface area contributed by atoms with Crippen LogP contribution in [0.2, 0.25) is 0 Å². The lowest BCUT2D eigenvalue weighted by Crippen LogP contribution is -2.12. The highest BCUT2D eigenvalue weighted by atomic mass is 15.0. The molecule has 21 heavy (non-hydrogen) atoms. The molecule has 1 fully saturated rings. The normalized spacial score (nSPS) is 22.9. The standard InChI is InChI=1S/C19H16N2/c1-2-17-13-19(17,14-20)21-18(15-9-5-3-6-10-15)16-11-7-4-8-12-16/h2-12,17H,1,13H2. The predicted molar refractivity (Wildman–Crippen MR) is 85.2 cm³/mol. The Morgan fingerprint density at radius 2 is 1.62 bits per heavy atom. The van der Waals surface area contributed by atoms with Crippen LogP contribution in [0.4, 0.5) is 0 Å². The molecule has 2 aromatic rings. The molecular formula is C19H16N2. The van der Waals surface area contributed by atoms with Gasteiger partial charge >= 0.3 is 0 Å². The number of nitrogens with zero attached hydrogens (tertiary/aromatic N) is 2. The van der Waals surface area contributed by atoms with Gasteiger partial charge in [-0.05, 0) is 6.42 Å². The van der Waals surface area contributed by atoms with Crippen LogP contribution >= 0.6 is 0 Å². The van der Waals surface area contributed by atoms with Crippen molar-refractivity contribution in [3.63, 3.8) is 0 Å². The molecule has 1 aliphatic rings. The quantitative estimate of drug-likeness (QED) is 0.612. The van der Waals surface area contributed by atoms with Gasteiger partial charge in [-0.15, -0.1) is 6.58 Å². The fourth-order valence-corrected chi connectivity index (χ4v) is 2.52. The summed E-state index contributed by atoms with van der Waals surface area (Å²) in [6.07, 6.45) is 2.59. The Morgan fingerprint density at radius 3 is 2.00 bits per heavy atom. The van der Waals surface area contributed by atoms with Crippen molar-refractivity contribution in [2.45, 2.75) is 12.0 Å².